The van der Waals surface area contributed by atoms with E-state index in [0.29, 0.717) is 49.6 Å². The summed E-state index contributed by atoms with van der Waals surface area (Å²) in [5, 5.41) is 14.7. The van der Waals surface area contributed by atoms with E-state index in [1.54, 1.807) is 18.3 Å². The summed E-state index contributed by atoms with van der Waals surface area (Å²) in [7, 11) is 0. The molecule has 2 aliphatic rings. The van der Waals surface area contributed by atoms with Crippen LogP contribution in [0.4, 0.5) is 24.8 Å². The van der Waals surface area contributed by atoms with E-state index < -0.39 is 23.3 Å². The first-order valence-electron chi connectivity index (χ1n) is 10.9. The Morgan fingerprint density at radius 1 is 1.06 bits per heavy atom. The standard InChI is InChI=1S/C23H23F3N4O3S/c1-14-10-15(12-16(11-14)29-20-27-7-2-18(30-20)23(24,25)26)17-13-28-19(34-17)21(31)3-5-22(6-4-21)32-8-9-33-22/h2,7,10-13,31H,3-6,8-9H2,1H3,(H,27,29,30). The van der Waals surface area contributed by atoms with Crippen LogP contribution in [0.3, 0.4) is 0 Å². The first-order valence-corrected chi connectivity index (χ1v) is 11.7. The fraction of sp³-hybridized carbons (Fsp3) is 0.435. The van der Waals surface area contributed by atoms with Crippen LogP contribution in [0, 0.1) is 6.92 Å². The van der Waals surface area contributed by atoms with Gasteiger partial charge in [0.25, 0.3) is 0 Å². The Balaban J connectivity index is 1.35. The van der Waals surface area contributed by atoms with Gasteiger partial charge in [0, 0.05) is 30.9 Å². The van der Waals surface area contributed by atoms with Crippen LogP contribution in [-0.2, 0) is 21.3 Å². The van der Waals surface area contributed by atoms with Crippen LogP contribution in [0.1, 0.15) is 41.9 Å². The van der Waals surface area contributed by atoms with Gasteiger partial charge in [0.2, 0.25) is 5.95 Å². The van der Waals surface area contributed by atoms with Crippen LogP contribution >= 0.6 is 11.3 Å². The summed E-state index contributed by atoms with van der Waals surface area (Å²) >= 11 is 1.40. The molecule has 0 atom stereocenters. The van der Waals surface area contributed by atoms with Crippen molar-refractivity contribution in [3.63, 3.8) is 0 Å². The Hall–Kier alpha value is -2.60. The molecule has 5 rings (SSSR count). The minimum atomic E-state index is -4.55. The first-order chi connectivity index (χ1) is 16.1. The topological polar surface area (TPSA) is 89.4 Å². The maximum absolute atomic E-state index is 13.0. The third-order valence-corrected chi connectivity index (χ3v) is 7.36. The molecule has 1 spiro atoms. The maximum Gasteiger partial charge on any atom is 0.433 e. The summed E-state index contributed by atoms with van der Waals surface area (Å²) in [5.74, 6) is -0.715. The third kappa shape index (κ3) is 4.65. The van der Waals surface area contributed by atoms with Crippen LogP contribution in [-0.4, -0.2) is 39.1 Å². The van der Waals surface area contributed by atoms with Crippen LogP contribution in [0.5, 0.6) is 0 Å². The lowest BCUT2D eigenvalue weighted by atomic mass is 9.82. The van der Waals surface area contributed by atoms with E-state index in [2.05, 4.69) is 20.3 Å². The number of rotatable bonds is 4. The van der Waals surface area contributed by atoms with Crippen molar-refractivity contribution in [2.24, 2.45) is 0 Å². The van der Waals surface area contributed by atoms with E-state index in [0.717, 1.165) is 28.3 Å². The molecule has 0 bridgehead atoms. The Morgan fingerprint density at radius 3 is 2.50 bits per heavy atom. The number of hydrogen-bond donors (Lipinski definition) is 2. The predicted octanol–water partition coefficient (Wildman–Crippen LogP) is 5.18. The van der Waals surface area contributed by atoms with Crippen molar-refractivity contribution in [3.8, 4) is 10.4 Å². The molecule has 7 nitrogen and oxygen atoms in total. The average Bonchev–Trinajstić information content (AvgIpc) is 3.46. The van der Waals surface area contributed by atoms with Gasteiger partial charge < -0.3 is 19.9 Å². The fourth-order valence-corrected chi connectivity index (χ4v) is 5.42. The number of ether oxygens (including phenoxy) is 2. The monoisotopic (exact) mass is 492 g/mol. The minimum absolute atomic E-state index is 0.141. The van der Waals surface area contributed by atoms with Gasteiger partial charge in [-0.2, -0.15) is 13.2 Å². The molecule has 0 radical (unpaired) electrons. The van der Waals surface area contributed by atoms with Gasteiger partial charge in [-0.15, -0.1) is 11.3 Å². The molecule has 2 N–H and O–H groups in total. The number of thiazole rings is 1. The van der Waals surface area contributed by atoms with Gasteiger partial charge in [0.05, 0.1) is 18.1 Å². The minimum Gasteiger partial charge on any atom is -0.383 e. The number of aliphatic hydroxyl groups is 1. The van der Waals surface area contributed by atoms with E-state index in [1.807, 2.05) is 13.0 Å². The van der Waals surface area contributed by atoms with E-state index in [4.69, 9.17) is 9.47 Å². The zero-order chi connectivity index (χ0) is 24.0. The molecule has 34 heavy (non-hydrogen) atoms. The predicted molar refractivity (Wildman–Crippen MR) is 120 cm³/mol. The number of aryl methyl sites for hydroxylation is 1. The number of anilines is 2. The highest BCUT2D eigenvalue weighted by Crippen LogP contribution is 2.46. The van der Waals surface area contributed by atoms with Gasteiger partial charge in [-0.3, -0.25) is 0 Å². The molecule has 1 aliphatic heterocycles. The van der Waals surface area contributed by atoms with Gasteiger partial charge >= 0.3 is 6.18 Å². The normalized spacial score (nSPS) is 19.4. The third-order valence-electron chi connectivity index (χ3n) is 6.12. The highest BCUT2D eigenvalue weighted by Gasteiger charge is 2.47. The lowest BCUT2D eigenvalue weighted by Crippen LogP contribution is -2.42. The SMILES string of the molecule is Cc1cc(Nc2nccc(C(F)(F)F)n2)cc(-c2cnc(C3(O)CCC4(CC3)OCCO4)s2)c1. The van der Waals surface area contributed by atoms with Crippen molar-refractivity contribution in [3.05, 3.63) is 52.9 Å². The number of nitrogens with zero attached hydrogens (tertiary/aromatic N) is 3. The largest absolute Gasteiger partial charge is 0.433 e. The van der Waals surface area contributed by atoms with Gasteiger partial charge in [0.1, 0.15) is 16.3 Å². The second-order valence-electron chi connectivity index (χ2n) is 8.64. The fourth-order valence-electron chi connectivity index (χ4n) is 4.37. The Kier molecular flexibility index (Phi) is 5.83. The van der Waals surface area contributed by atoms with Crippen molar-refractivity contribution >= 4 is 23.0 Å². The molecule has 1 aromatic carbocycles. The molecule has 3 heterocycles. The number of alkyl halides is 3. The number of nitrogens with one attached hydrogen (secondary N) is 1. The summed E-state index contributed by atoms with van der Waals surface area (Å²) in [5.41, 5.74) is 0.228. The summed E-state index contributed by atoms with van der Waals surface area (Å²) in [4.78, 5) is 12.8. The van der Waals surface area contributed by atoms with Crippen molar-refractivity contribution < 1.29 is 27.8 Å². The highest BCUT2D eigenvalue weighted by atomic mass is 32.1. The second-order valence-corrected chi connectivity index (χ2v) is 9.68. The molecule has 1 saturated carbocycles. The molecule has 3 aromatic rings. The Labute approximate surface area is 198 Å². The van der Waals surface area contributed by atoms with Gasteiger partial charge in [0.15, 0.2) is 5.79 Å². The Bertz CT molecular complexity index is 1180. The van der Waals surface area contributed by atoms with Crippen LogP contribution in [0.15, 0.2) is 36.7 Å². The van der Waals surface area contributed by atoms with E-state index >= 15 is 0 Å². The van der Waals surface area contributed by atoms with E-state index in [1.165, 1.54) is 11.3 Å². The molecule has 2 aromatic heterocycles. The first kappa shape index (κ1) is 23.2. The summed E-state index contributed by atoms with van der Waals surface area (Å²) in [6.45, 7) is 3.05. The molecule has 180 valence electrons. The number of hydrogen-bond acceptors (Lipinski definition) is 8. The number of aromatic nitrogens is 3. The van der Waals surface area contributed by atoms with Crippen molar-refractivity contribution in [2.45, 2.75) is 50.2 Å². The van der Waals surface area contributed by atoms with E-state index in [9.17, 15) is 18.3 Å². The number of halogens is 3. The van der Waals surface area contributed by atoms with Crippen molar-refractivity contribution in [1.82, 2.24) is 15.0 Å². The summed E-state index contributed by atoms with van der Waals surface area (Å²) in [6.07, 6.45) is 0.430. The zero-order valence-corrected chi connectivity index (χ0v) is 19.2. The lowest BCUT2D eigenvalue weighted by molar-refractivity contribution is -0.204. The molecular formula is C23H23F3N4O3S. The Morgan fingerprint density at radius 2 is 1.79 bits per heavy atom. The molecule has 0 amide bonds. The molecule has 11 heteroatoms. The van der Waals surface area contributed by atoms with Crippen LogP contribution < -0.4 is 5.32 Å². The van der Waals surface area contributed by atoms with Crippen molar-refractivity contribution in [2.75, 3.05) is 18.5 Å². The van der Waals surface area contributed by atoms with Crippen LogP contribution in [0.2, 0.25) is 0 Å². The number of benzene rings is 1. The lowest BCUT2D eigenvalue weighted by Gasteiger charge is -2.39. The molecular weight excluding hydrogens is 469 g/mol. The van der Waals surface area contributed by atoms with E-state index in [-0.39, 0.29) is 5.95 Å². The quantitative estimate of drug-likeness (QED) is 0.519. The second kappa shape index (κ2) is 8.56. The molecule has 0 unspecified atom stereocenters. The highest BCUT2D eigenvalue weighted by molar-refractivity contribution is 7.15. The summed E-state index contributed by atoms with van der Waals surface area (Å²) in [6, 6.07) is 6.38. The smallest absolute Gasteiger partial charge is 0.383 e. The summed E-state index contributed by atoms with van der Waals surface area (Å²) < 4.78 is 50.4. The van der Waals surface area contributed by atoms with Gasteiger partial charge in [-0.1, -0.05) is 6.07 Å². The molecule has 1 saturated heterocycles. The molecule has 1 aliphatic carbocycles. The average molecular weight is 493 g/mol. The van der Waals surface area contributed by atoms with Gasteiger partial charge in [-0.05, 0) is 49.1 Å². The van der Waals surface area contributed by atoms with Gasteiger partial charge in [-0.25, -0.2) is 15.0 Å². The molecule has 2 fully saturated rings. The van der Waals surface area contributed by atoms with Crippen LogP contribution in [0.25, 0.3) is 10.4 Å². The zero-order valence-electron chi connectivity index (χ0n) is 18.4. The van der Waals surface area contributed by atoms with Crippen molar-refractivity contribution in [1.29, 1.82) is 0 Å². The maximum atomic E-state index is 13.0.